The van der Waals surface area contributed by atoms with Crippen LogP contribution in [0.2, 0.25) is 0 Å². The maximum Gasteiger partial charge on any atom is 0.216 e. The molecule has 0 spiro atoms. The number of hydrogen-bond acceptors (Lipinski definition) is 4. The monoisotopic (exact) mass is 176 g/mol. The highest BCUT2D eigenvalue weighted by atomic mass is 16.5. The average Bonchev–Trinajstić information content (AvgIpc) is 2.02. The number of carbonyl (C=O) groups excluding carboxylic acids is 1. The molecule has 3 N–H and O–H groups in total. The van der Waals surface area contributed by atoms with Crippen molar-refractivity contribution in [1.82, 2.24) is 5.32 Å². The third-order valence-electron chi connectivity index (χ3n) is 1.11. The highest BCUT2D eigenvalue weighted by Gasteiger charge is 1.90. The molecule has 0 aromatic rings. The molecule has 0 aliphatic heterocycles. The summed E-state index contributed by atoms with van der Waals surface area (Å²) in [5, 5.41) is 2.61. The number of amides is 1. The first kappa shape index (κ1) is 11.4. The zero-order valence-corrected chi connectivity index (χ0v) is 7.34. The molecule has 5 nitrogen and oxygen atoms in total. The molecule has 0 fully saturated rings. The molecular weight excluding hydrogens is 160 g/mol. The Morgan fingerprint density at radius 3 is 2.58 bits per heavy atom. The van der Waals surface area contributed by atoms with Gasteiger partial charge >= 0.3 is 0 Å². The van der Waals surface area contributed by atoms with Crippen LogP contribution in [0.15, 0.2) is 0 Å². The quantitative estimate of drug-likeness (QED) is 0.388. The lowest BCUT2D eigenvalue weighted by molar-refractivity contribution is -0.119. The third-order valence-corrected chi connectivity index (χ3v) is 1.11. The van der Waals surface area contributed by atoms with Gasteiger partial charge in [0.2, 0.25) is 5.91 Å². The molecule has 5 heteroatoms. The van der Waals surface area contributed by atoms with E-state index < -0.39 is 0 Å². The average molecular weight is 176 g/mol. The van der Waals surface area contributed by atoms with Gasteiger partial charge in [0.1, 0.15) is 0 Å². The molecule has 0 aromatic carbocycles. The minimum atomic E-state index is -0.0446. The predicted molar refractivity (Wildman–Crippen MR) is 44.5 cm³/mol. The number of rotatable bonds is 7. The van der Waals surface area contributed by atoms with Gasteiger partial charge in [0.25, 0.3) is 0 Å². The summed E-state index contributed by atoms with van der Waals surface area (Å²) in [5.74, 6) is -0.0446. The molecule has 12 heavy (non-hydrogen) atoms. The second kappa shape index (κ2) is 8.45. The summed E-state index contributed by atoms with van der Waals surface area (Å²) in [4.78, 5) is 10.4. The van der Waals surface area contributed by atoms with E-state index >= 15 is 0 Å². The van der Waals surface area contributed by atoms with Crippen molar-refractivity contribution in [1.29, 1.82) is 0 Å². The van der Waals surface area contributed by atoms with Gasteiger partial charge in [0.15, 0.2) is 0 Å². The number of hydrogen-bond donors (Lipinski definition) is 2. The van der Waals surface area contributed by atoms with Crippen LogP contribution in [0.25, 0.3) is 0 Å². The van der Waals surface area contributed by atoms with E-state index in [1.807, 2.05) is 0 Å². The standard InChI is InChI=1S/C7H16N2O3/c1-7(10)9-2-3-11-4-5-12-6-8/h2-6,8H2,1H3,(H,9,10). The second-order valence-electron chi connectivity index (χ2n) is 2.17. The van der Waals surface area contributed by atoms with Crippen LogP contribution < -0.4 is 11.1 Å². The van der Waals surface area contributed by atoms with Gasteiger partial charge in [-0.2, -0.15) is 0 Å². The van der Waals surface area contributed by atoms with E-state index in [1.165, 1.54) is 6.92 Å². The molecule has 0 saturated heterocycles. The van der Waals surface area contributed by atoms with Gasteiger partial charge < -0.3 is 20.5 Å². The smallest absolute Gasteiger partial charge is 0.216 e. The van der Waals surface area contributed by atoms with E-state index in [-0.39, 0.29) is 12.6 Å². The van der Waals surface area contributed by atoms with Gasteiger partial charge in [-0.15, -0.1) is 0 Å². The summed E-state index contributed by atoms with van der Waals surface area (Å²) >= 11 is 0. The van der Waals surface area contributed by atoms with Crippen molar-refractivity contribution in [2.45, 2.75) is 6.92 Å². The number of ether oxygens (including phenoxy) is 2. The van der Waals surface area contributed by atoms with Gasteiger partial charge in [0.05, 0.1) is 26.6 Å². The SMILES string of the molecule is CC(=O)NCCOCCOCN. The first-order valence-electron chi connectivity index (χ1n) is 3.87. The van der Waals surface area contributed by atoms with Gasteiger partial charge in [0, 0.05) is 13.5 Å². The summed E-state index contributed by atoms with van der Waals surface area (Å²) in [6.45, 7) is 3.74. The predicted octanol–water partition coefficient (Wildman–Crippen LogP) is -0.928. The van der Waals surface area contributed by atoms with Crippen molar-refractivity contribution in [3.8, 4) is 0 Å². The van der Waals surface area contributed by atoms with E-state index in [2.05, 4.69) is 5.32 Å². The fourth-order valence-electron chi connectivity index (χ4n) is 0.602. The summed E-state index contributed by atoms with van der Waals surface area (Å²) in [6.07, 6.45) is 0. The van der Waals surface area contributed by atoms with E-state index in [1.54, 1.807) is 0 Å². The summed E-state index contributed by atoms with van der Waals surface area (Å²) < 4.78 is 9.92. The Labute approximate surface area is 72.2 Å². The third kappa shape index (κ3) is 9.35. The number of nitrogens with two attached hydrogens (primary N) is 1. The molecule has 0 heterocycles. The van der Waals surface area contributed by atoms with Gasteiger partial charge in [-0.1, -0.05) is 0 Å². The Kier molecular flexibility index (Phi) is 7.99. The minimum Gasteiger partial charge on any atom is -0.377 e. The van der Waals surface area contributed by atoms with Crippen molar-refractivity contribution in [3.63, 3.8) is 0 Å². The van der Waals surface area contributed by atoms with Crippen LogP contribution >= 0.6 is 0 Å². The Hall–Kier alpha value is -0.650. The van der Waals surface area contributed by atoms with Crippen LogP contribution in [0.4, 0.5) is 0 Å². The molecule has 0 bridgehead atoms. The van der Waals surface area contributed by atoms with Crippen molar-refractivity contribution >= 4 is 5.91 Å². The Bertz CT molecular complexity index is 119. The summed E-state index contributed by atoms with van der Waals surface area (Å²) in [5.41, 5.74) is 5.07. The van der Waals surface area contributed by atoms with Crippen molar-refractivity contribution in [3.05, 3.63) is 0 Å². The highest BCUT2D eigenvalue weighted by Crippen LogP contribution is 1.75. The van der Waals surface area contributed by atoms with E-state index in [0.29, 0.717) is 26.4 Å². The zero-order chi connectivity index (χ0) is 9.23. The Morgan fingerprint density at radius 2 is 2.00 bits per heavy atom. The number of carbonyl (C=O) groups is 1. The van der Waals surface area contributed by atoms with Crippen LogP contribution in [0.1, 0.15) is 6.92 Å². The van der Waals surface area contributed by atoms with Gasteiger partial charge in [-0.25, -0.2) is 0 Å². The summed E-state index contributed by atoms with van der Waals surface area (Å²) in [6, 6.07) is 0. The molecule has 1 amide bonds. The fraction of sp³-hybridized carbons (Fsp3) is 0.857. The lowest BCUT2D eigenvalue weighted by atomic mass is 10.6. The van der Waals surface area contributed by atoms with Crippen LogP contribution in [0.3, 0.4) is 0 Å². The topological polar surface area (TPSA) is 73.6 Å². The first-order valence-corrected chi connectivity index (χ1v) is 3.87. The fourth-order valence-corrected chi connectivity index (χ4v) is 0.602. The molecule has 0 radical (unpaired) electrons. The lowest BCUT2D eigenvalue weighted by Gasteiger charge is -2.04. The maximum atomic E-state index is 10.4. The molecule has 0 rings (SSSR count). The maximum absolute atomic E-state index is 10.4. The lowest BCUT2D eigenvalue weighted by Crippen LogP contribution is -2.25. The molecule has 72 valence electrons. The van der Waals surface area contributed by atoms with Crippen LogP contribution in [0, 0.1) is 0 Å². The molecule has 0 saturated carbocycles. The highest BCUT2D eigenvalue weighted by molar-refractivity contribution is 5.72. The van der Waals surface area contributed by atoms with Crippen molar-refractivity contribution in [2.24, 2.45) is 5.73 Å². The van der Waals surface area contributed by atoms with Gasteiger partial charge in [-0.05, 0) is 0 Å². The molecule has 0 aliphatic carbocycles. The first-order chi connectivity index (χ1) is 5.77. The zero-order valence-electron chi connectivity index (χ0n) is 7.34. The largest absolute Gasteiger partial charge is 0.377 e. The molecular formula is C7H16N2O3. The van der Waals surface area contributed by atoms with E-state index in [9.17, 15) is 4.79 Å². The number of nitrogens with one attached hydrogen (secondary N) is 1. The van der Waals surface area contributed by atoms with Crippen molar-refractivity contribution < 1.29 is 14.3 Å². The molecule has 0 aliphatic rings. The molecule has 0 unspecified atom stereocenters. The van der Waals surface area contributed by atoms with Crippen molar-refractivity contribution in [2.75, 3.05) is 33.1 Å². The Balaban J connectivity index is 2.86. The Morgan fingerprint density at radius 1 is 1.33 bits per heavy atom. The van der Waals surface area contributed by atoms with Crippen LogP contribution in [0.5, 0.6) is 0 Å². The van der Waals surface area contributed by atoms with Crippen LogP contribution in [-0.2, 0) is 14.3 Å². The van der Waals surface area contributed by atoms with Gasteiger partial charge in [-0.3, -0.25) is 4.79 Å². The molecule has 0 atom stereocenters. The summed E-state index contributed by atoms with van der Waals surface area (Å²) in [7, 11) is 0. The minimum absolute atomic E-state index is 0.0446. The van der Waals surface area contributed by atoms with E-state index in [4.69, 9.17) is 15.2 Å². The van der Waals surface area contributed by atoms with Crippen LogP contribution in [-0.4, -0.2) is 39.0 Å². The van der Waals surface area contributed by atoms with E-state index in [0.717, 1.165) is 0 Å². The molecule has 0 aromatic heterocycles. The normalized spacial score (nSPS) is 9.83. The second-order valence-corrected chi connectivity index (χ2v) is 2.17.